The van der Waals surface area contributed by atoms with E-state index in [4.69, 9.17) is 4.99 Å². The van der Waals surface area contributed by atoms with E-state index in [0.29, 0.717) is 0 Å². The summed E-state index contributed by atoms with van der Waals surface area (Å²) in [4.78, 5) is 8.00. The highest BCUT2D eigenvalue weighted by atomic mass is 14.8. The Morgan fingerprint density at radius 3 is 2.35 bits per heavy atom. The van der Waals surface area contributed by atoms with Crippen LogP contribution in [0.25, 0.3) is 6.08 Å². The van der Waals surface area contributed by atoms with Crippen LogP contribution < -0.4 is 0 Å². The van der Waals surface area contributed by atoms with E-state index in [2.05, 4.69) is 45.7 Å². The average molecular weight is 228 g/mol. The predicted octanol–water partition coefficient (Wildman–Crippen LogP) is 4.17. The van der Waals surface area contributed by atoms with Crippen molar-refractivity contribution in [2.45, 2.75) is 41.0 Å². The third-order valence-electron chi connectivity index (χ3n) is 3.69. The summed E-state index contributed by atoms with van der Waals surface area (Å²) in [6, 6.07) is 0. The summed E-state index contributed by atoms with van der Waals surface area (Å²) in [5, 5.41) is 0. The van der Waals surface area contributed by atoms with E-state index in [0.717, 1.165) is 12.1 Å². The molecule has 0 unspecified atom stereocenters. The number of hydrogen-bond acceptors (Lipinski definition) is 1. The number of rotatable bonds is 2. The molecule has 0 fully saturated rings. The zero-order valence-electron chi connectivity index (χ0n) is 11.3. The molecule has 2 heteroatoms. The van der Waals surface area contributed by atoms with Crippen molar-refractivity contribution >= 4 is 11.8 Å². The van der Waals surface area contributed by atoms with Gasteiger partial charge in [0.1, 0.15) is 0 Å². The van der Waals surface area contributed by atoms with Gasteiger partial charge in [-0.2, -0.15) is 0 Å². The Morgan fingerprint density at radius 1 is 1.18 bits per heavy atom. The fraction of sp³-hybridized carbons (Fsp3) is 0.400. The van der Waals surface area contributed by atoms with Crippen molar-refractivity contribution < 1.29 is 0 Å². The molecule has 0 atom stereocenters. The lowest BCUT2D eigenvalue weighted by Gasteiger charge is -1.98. The number of aryl methyl sites for hydroxylation is 1. The van der Waals surface area contributed by atoms with Gasteiger partial charge in [0.25, 0.3) is 0 Å². The highest BCUT2D eigenvalue weighted by molar-refractivity contribution is 6.04. The third-order valence-corrected chi connectivity index (χ3v) is 3.69. The van der Waals surface area contributed by atoms with Crippen LogP contribution in [0.2, 0.25) is 0 Å². The Labute approximate surface area is 103 Å². The molecule has 2 nitrogen and oxygen atoms in total. The summed E-state index contributed by atoms with van der Waals surface area (Å²) in [7, 11) is 0. The normalized spacial score (nSPS) is 18.2. The zero-order chi connectivity index (χ0) is 12.6. The Hall–Kier alpha value is -1.57. The monoisotopic (exact) mass is 228 g/mol. The van der Waals surface area contributed by atoms with Crippen LogP contribution in [0.3, 0.4) is 0 Å². The van der Waals surface area contributed by atoms with E-state index in [-0.39, 0.29) is 0 Å². The van der Waals surface area contributed by atoms with Gasteiger partial charge < -0.3 is 4.98 Å². The number of nitrogens with one attached hydrogen (secondary N) is 1. The molecule has 2 rings (SSSR count). The van der Waals surface area contributed by atoms with Crippen molar-refractivity contribution in [3.05, 3.63) is 39.9 Å². The lowest BCUT2D eigenvalue weighted by molar-refractivity contribution is 1.26. The first-order valence-corrected chi connectivity index (χ1v) is 6.16. The van der Waals surface area contributed by atoms with E-state index in [9.17, 15) is 0 Å². The van der Waals surface area contributed by atoms with Crippen LogP contribution >= 0.6 is 0 Å². The SMILES string of the molecule is CCC1=NC(=Cc2[nH]cc(C)c2C)C(C)=C1C. The molecule has 1 aromatic heterocycles. The summed E-state index contributed by atoms with van der Waals surface area (Å²) in [6.45, 7) is 10.7. The molecule has 1 aromatic rings. The molecule has 0 amide bonds. The lowest BCUT2D eigenvalue weighted by atomic mass is 10.1. The van der Waals surface area contributed by atoms with E-state index < -0.39 is 0 Å². The fourth-order valence-electron chi connectivity index (χ4n) is 2.11. The molecule has 1 N–H and O–H groups in total. The summed E-state index contributed by atoms with van der Waals surface area (Å²) >= 11 is 0. The molecular formula is C15H20N2. The molecule has 0 aliphatic carbocycles. The molecule has 0 spiro atoms. The first kappa shape index (κ1) is 11.9. The number of hydrogen-bond donors (Lipinski definition) is 1. The standard InChI is InChI=1S/C15H20N2/c1-6-13-11(4)12(5)15(17-13)7-14-10(3)9(2)8-16-14/h7-8,16H,6H2,1-5H3. The van der Waals surface area contributed by atoms with Gasteiger partial charge in [-0.25, -0.2) is 0 Å². The highest BCUT2D eigenvalue weighted by Gasteiger charge is 2.16. The first-order chi connectivity index (χ1) is 8.04. The molecule has 2 heterocycles. The number of aromatic amines is 1. The van der Waals surface area contributed by atoms with E-state index in [1.54, 1.807) is 0 Å². The third kappa shape index (κ3) is 1.99. The zero-order valence-corrected chi connectivity index (χ0v) is 11.3. The molecule has 0 bridgehead atoms. The van der Waals surface area contributed by atoms with Crippen LogP contribution in [-0.4, -0.2) is 10.7 Å². The Bertz CT molecular complexity index is 539. The summed E-state index contributed by atoms with van der Waals surface area (Å²) in [5.74, 6) is 0. The van der Waals surface area contributed by atoms with Gasteiger partial charge in [0.2, 0.25) is 0 Å². The molecule has 90 valence electrons. The van der Waals surface area contributed by atoms with Crippen LogP contribution in [-0.2, 0) is 0 Å². The average Bonchev–Trinajstić information content (AvgIpc) is 2.77. The molecule has 0 radical (unpaired) electrons. The van der Waals surface area contributed by atoms with Gasteiger partial charge in [0.15, 0.2) is 0 Å². The molecular weight excluding hydrogens is 208 g/mol. The van der Waals surface area contributed by atoms with Crippen LogP contribution in [0.5, 0.6) is 0 Å². The number of H-pyrrole nitrogens is 1. The van der Waals surface area contributed by atoms with Crippen molar-refractivity contribution in [3.8, 4) is 0 Å². The smallest absolute Gasteiger partial charge is 0.0686 e. The largest absolute Gasteiger partial charge is 0.361 e. The first-order valence-electron chi connectivity index (χ1n) is 6.16. The molecule has 17 heavy (non-hydrogen) atoms. The molecule has 0 aromatic carbocycles. The van der Waals surface area contributed by atoms with Crippen molar-refractivity contribution in [2.75, 3.05) is 0 Å². The highest BCUT2D eigenvalue weighted by Crippen LogP contribution is 2.28. The van der Waals surface area contributed by atoms with Gasteiger partial charge in [-0.3, -0.25) is 4.99 Å². The number of aromatic nitrogens is 1. The van der Waals surface area contributed by atoms with Crippen LogP contribution in [0, 0.1) is 13.8 Å². The summed E-state index contributed by atoms with van der Waals surface area (Å²) in [5.41, 5.74) is 8.73. The molecule has 1 aliphatic heterocycles. The van der Waals surface area contributed by atoms with Gasteiger partial charge in [-0.15, -0.1) is 0 Å². The maximum absolute atomic E-state index is 4.70. The van der Waals surface area contributed by atoms with Gasteiger partial charge in [0.05, 0.1) is 5.70 Å². The number of allylic oxidation sites excluding steroid dienone is 2. The second-order valence-corrected chi connectivity index (χ2v) is 4.70. The molecule has 0 saturated heterocycles. The second kappa shape index (κ2) is 4.36. The Morgan fingerprint density at radius 2 is 1.88 bits per heavy atom. The predicted molar refractivity (Wildman–Crippen MR) is 74.3 cm³/mol. The Kier molecular flexibility index (Phi) is 3.05. The minimum absolute atomic E-state index is 1.00. The van der Waals surface area contributed by atoms with Crippen LogP contribution in [0.15, 0.2) is 28.0 Å². The van der Waals surface area contributed by atoms with Crippen molar-refractivity contribution in [1.82, 2.24) is 4.98 Å². The number of aliphatic imine (C=N–C) groups is 1. The molecule has 1 aliphatic rings. The van der Waals surface area contributed by atoms with E-state index >= 15 is 0 Å². The fourth-order valence-corrected chi connectivity index (χ4v) is 2.11. The summed E-state index contributed by atoms with van der Waals surface area (Å²) in [6.07, 6.45) is 5.21. The van der Waals surface area contributed by atoms with E-state index in [1.807, 2.05) is 6.20 Å². The maximum atomic E-state index is 4.70. The van der Waals surface area contributed by atoms with Gasteiger partial charge >= 0.3 is 0 Å². The Balaban J connectivity index is 2.43. The van der Waals surface area contributed by atoms with Crippen molar-refractivity contribution in [1.29, 1.82) is 0 Å². The van der Waals surface area contributed by atoms with Crippen molar-refractivity contribution in [2.24, 2.45) is 4.99 Å². The topological polar surface area (TPSA) is 28.1 Å². The lowest BCUT2D eigenvalue weighted by Crippen LogP contribution is -1.92. The minimum Gasteiger partial charge on any atom is -0.361 e. The maximum Gasteiger partial charge on any atom is 0.0686 e. The minimum atomic E-state index is 1.00. The van der Waals surface area contributed by atoms with Gasteiger partial charge in [-0.05, 0) is 62.5 Å². The van der Waals surface area contributed by atoms with Crippen molar-refractivity contribution in [3.63, 3.8) is 0 Å². The van der Waals surface area contributed by atoms with Gasteiger partial charge in [0, 0.05) is 17.6 Å². The summed E-state index contributed by atoms with van der Waals surface area (Å²) < 4.78 is 0. The van der Waals surface area contributed by atoms with Gasteiger partial charge in [-0.1, -0.05) is 6.92 Å². The molecule has 0 saturated carbocycles. The van der Waals surface area contributed by atoms with Crippen LogP contribution in [0.1, 0.15) is 44.0 Å². The van der Waals surface area contributed by atoms with E-state index in [1.165, 1.54) is 33.7 Å². The van der Waals surface area contributed by atoms with Crippen LogP contribution in [0.4, 0.5) is 0 Å². The second-order valence-electron chi connectivity index (χ2n) is 4.70. The quantitative estimate of drug-likeness (QED) is 0.787. The number of nitrogens with zero attached hydrogens (tertiary/aromatic N) is 1.